The van der Waals surface area contributed by atoms with Gasteiger partial charge in [0.05, 0.1) is 11.9 Å². The summed E-state index contributed by atoms with van der Waals surface area (Å²) >= 11 is 5.97. The Morgan fingerprint density at radius 1 is 0.923 bits per heavy atom. The molecule has 0 aliphatic carbocycles. The van der Waals surface area contributed by atoms with Crippen molar-refractivity contribution in [3.8, 4) is 0 Å². The van der Waals surface area contributed by atoms with Crippen molar-refractivity contribution >= 4 is 39.1 Å². The van der Waals surface area contributed by atoms with E-state index < -0.39 is 16.1 Å². The summed E-state index contributed by atoms with van der Waals surface area (Å²) in [5, 5.41) is 3.39. The van der Waals surface area contributed by atoms with Crippen molar-refractivity contribution in [1.29, 1.82) is 0 Å². The minimum absolute atomic E-state index is 0.0795. The smallest absolute Gasteiger partial charge is 0.243 e. The maximum Gasteiger partial charge on any atom is 0.243 e. The van der Waals surface area contributed by atoms with Crippen molar-refractivity contribution in [3.05, 3.63) is 101 Å². The fourth-order valence-corrected chi connectivity index (χ4v) is 5.44. The molecule has 0 spiro atoms. The van der Waals surface area contributed by atoms with Crippen LogP contribution >= 0.6 is 11.6 Å². The minimum Gasteiger partial charge on any atom is -0.355 e. The molecule has 0 saturated carbocycles. The van der Waals surface area contributed by atoms with Gasteiger partial charge in [0.25, 0.3) is 0 Å². The van der Waals surface area contributed by atoms with Crippen LogP contribution in [-0.4, -0.2) is 50.5 Å². The van der Waals surface area contributed by atoms with Gasteiger partial charge in [-0.1, -0.05) is 71.8 Å². The molecule has 2 amide bonds. The van der Waals surface area contributed by atoms with Gasteiger partial charge >= 0.3 is 0 Å². The average Bonchev–Trinajstić information content (AvgIpc) is 2.90. The molecular formula is C30H36ClN3O4S. The van der Waals surface area contributed by atoms with Gasteiger partial charge in [0.1, 0.15) is 6.04 Å². The summed E-state index contributed by atoms with van der Waals surface area (Å²) in [5.74, 6) is -0.437. The third-order valence-electron chi connectivity index (χ3n) is 6.36. The van der Waals surface area contributed by atoms with E-state index in [1.54, 1.807) is 29.2 Å². The van der Waals surface area contributed by atoms with Crippen LogP contribution in [0.25, 0.3) is 0 Å². The summed E-state index contributed by atoms with van der Waals surface area (Å²) < 4.78 is 26.3. The largest absolute Gasteiger partial charge is 0.355 e. The molecule has 39 heavy (non-hydrogen) atoms. The lowest BCUT2D eigenvalue weighted by atomic mass is 10.0. The van der Waals surface area contributed by atoms with Crippen LogP contribution < -0.4 is 9.62 Å². The zero-order valence-electron chi connectivity index (χ0n) is 22.6. The van der Waals surface area contributed by atoms with Crippen LogP contribution in [0.4, 0.5) is 5.69 Å². The summed E-state index contributed by atoms with van der Waals surface area (Å²) in [5.41, 5.74) is 3.44. The molecule has 0 aromatic heterocycles. The minimum atomic E-state index is -3.58. The van der Waals surface area contributed by atoms with Crippen LogP contribution in [0.3, 0.4) is 0 Å². The van der Waals surface area contributed by atoms with E-state index in [0.29, 0.717) is 23.7 Å². The summed E-state index contributed by atoms with van der Waals surface area (Å²) in [6, 6.07) is 23.3. The molecule has 0 aliphatic heterocycles. The predicted molar refractivity (Wildman–Crippen MR) is 157 cm³/mol. The Morgan fingerprint density at radius 3 is 2.15 bits per heavy atom. The zero-order valence-corrected chi connectivity index (χ0v) is 24.2. The first-order valence-corrected chi connectivity index (χ1v) is 15.2. The molecule has 1 N–H and O–H groups in total. The molecule has 3 rings (SSSR count). The first-order valence-electron chi connectivity index (χ1n) is 13.0. The van der Waals surface area contributed by atoms with Crippen molar-refractivity contribution in [2.75, 3.05) is 23.7 Å². The molecule has 0 fully saturated rings. The topological polar surface area (TPSA) is 86.8 Å². The highest BCUT2D eigenvalue weighted by atomic mass is 35.5. The van der Waals surface area contributed by atoms with E-state index in [1.807, 2.05) is 68.4 Å². The number of amides is 2. The van der Waals surface area contributed by atoms with E-state index >= 15 is 0 Å². The monoisotopic (exact) mass is 569 g/mol. The highest BCUT2D eigenvalue weighted by Gasteiger charge is 2.30. The average molecular weight is 570 g/mol. The summed E-state index contributed by atoms with van der Waals surface area (Å²) in [6.45, 7) is 4.67. The summed E-state index contributed by atoms with van der Waals surface area (Å²) in [6.07, 6.45) is 1.87. The highest BCUT2D eigenvalue weighted by Crippen LogP contribution is 2.22. The lowest BCUT2D eigenvalue weighted by Gasteiger charge is -2.32. The lowest BCUT2D eigenvalue weighted by molar-refractivity contribution is -0.141. The van der Waals surface area contributed by atoms with Gasteiger partial charge in [-0.3, -0.25) is 13.9 Å². The molecule has 0 bridgehead atoms. The van der Waals surface area contributed by atoms with E-state index in [2.05, 4.69) is 5.32 Å². The zero-order chi connectivity index (χ0) is 28.4. The van der Waals surface area contributed by atoms with Crippen molar-refractivity contribution in [1.82, 2.24) is 10.2 Å². The van der Waals surface area contributed by atoms with Gasteiger partial charge in [-0.05, 0) is 55.7 Å². The number of hydrogen-bond donors (Lipinski definition) is 1. The highest BCUT2D eigenvalue weighted by molar-refractivity contribution is 7.92. The Balaban J connectivity index is 1.85. The van der Waals surface area contributed by atoms with Crippen LogP contribution in [0, 0.1) is 6.92 Å². The number of nitrogens with zero attached hydrogens (tertiary/aromatic N) is 2. The number of aryl methyl sites for hydroxylation is 1. The summed E-state index contributed by atoms with van der Waals surface area (Å²) in [7, 11) is -3.58. The van der Waals surface area contributed by atoms with Crippen LogP contribution in [0.15, 0.2) is 78.9 Å². The van der Waals surface area contributed by atoms with Gasteiger partial charge in [0, 0.05) is 37.5 Å². The normalized spacial score (nSPS) is 12.0. The molecule has 0 radical (unpaired) electrons. The second kappa shape index (κ2) is 14.1. The molecular weight excluding hydrogens is 534 g/mol. The molecule has 1 atom stereocenters. The maximum absolute atomic E-state index is 13.7. The van der Waals surface area contributed by atoms with Gasteiger partial charge in [-0.15, -0.1) is 0 Å². The van der Waals surface area contributed by atoms with E-state index in [0.717, 1.165) is 22.9 Å². The van der Waals surface area contributed by atoms with Crippen molar-refractivity contribution in [2.45, 2.75) is 45.7 Å². The molecule has 9 heteroatoms. The van der Waals surface area contributed by atoms with Gasteiger partial charge in [-0.2, -0.15) is 0 Å². The molecule has 7 nitrogen and oxygen atoms in total. The van der Waals surface area contributed by atoms with E-state index in [4.69, 9.17) is 11.6 Å². The number of nitrogens with one attached hydrogen (secondary N) is 1. The third-order valence-corrected chi connectivity index (χ3v) is 7.81. The fraction of sp³-hybridized carbons (Fsp3) is 0.333. The number of carbonyl (C=O) groups excluding carboxylic acids is 2. The number of anilines is 1. The molecule has 3 aromatic carbocycles. The standard InChI is InChI=1S/C30H36ClN3O4S/c1-4-32-30(36)28(21-24-9-6-5-7-10-24)33(22-25-14-12-23(2)13-15-25)29(35)11-8-20-34(39(3,37)38)27-18-16-26(31)17-19-27/h5-7,9-10,12-19,28H,4,8,11,20-22H2,1-3H3,(H,32,36). The van der Waals surface area contributed by atoms with E-state index in [-0.39, 0.29) is 37.7 Å². The number of benzene rings is 3. The third kappa shape index (κ3) is 9.11. The molecule has 0 saturated heterocycles. The first-order chi connectivity index (χ1) is 18.6. The number of likely N-dealkylation sites (N-methyl/N-ethyl adjacent to an activating group) is 1. The Morgan fingerprint density at radius 2 is 1.56 bits per heavy atom. The molecule has 3 aromatic rings. The summed E-state index contributed by atoms with van der Waals surface area (Å²) in [4.78, 5) is 28.6. The maximum atomic E-state index is 13.7. The van der Waals surface area contributed by atoms with E-state index in [9.17, 15) is 18.0 Å². The second-order valence-electron chi connectivity index (χ2n) is 9.52. The number of halogens is 1. The quantitative estimate of drug-likeness (QED) is 0.315. The second-order valence-corrected chi connectivity index (χ2v) is 11.9. The number of hydrogen-bond acceptors (Lipinski definition) is 4. The van der Waals surface area contributed by atoms with Crippen LogP contribution in [0.5, 0.6) is 0 Å². The SMILES string of the molecule is CCNC(=O)C(Cc1ccccc1)N(Cc1ccc(C)cc1)C(=O)CCCN(c1ccc(Cl)cc1)S(C)(=O)=O. The van der Waals surface area contributed by atoms with Gasteiger partial charge < -0.3 is 10.2 Å². The Bertz CT molecular complexity index is 1330. The molecule has 0 aliphatic rings. The lowest BCUT2D eigenvalue weighted by Crippen LogP contribution is -2.50. The van der Waals surface area contributed by atoms with Crippen molar-refractivity contribution < 1.29 is 18.0 Å². The first kappa shape index (κ1) is 30.2. The van der Waals surface area contributed by atoms with Crippen LogP contribution in [-0.2, 0) is 32.6 Å². The van der Waals surface area contributed by atoms with E-state index in [1.165, 1.54) is 4.31 Å². The van der Waals surface area contributed by atoms with Crippen LogP contribution in [0.1, 0.15) is 36.5 Å². The van der Waals surface area contributed by atoms with Crippen molar-refractivity contribution in [3.63, 3.8) is 0 Å². The van der Waals surface area contributed by atoms with Crippen LogP contribution in [0.2, 0.25) is 5.02 Å². The molecule has 208 valence electrons. The van der Waals surface area contributed by atoms with Gasteiger partial charge in [0.2, 0.25) is 21.8 Å². The van der Waals surface area contributed by atoms with Gasteiger partial charge in [-0.25, -0.2) is 8.42 Å². The number of sulfonamides is 1. The Labute approximate surface area is 236 Å². The molecule has 0 heterocycles. The Hall–Kier alpha value is -3.36. The molecule has 1 unspecified atom stereocenters. The number of carbonyl (C=O) groups is 2. The fourth-order valence-electron chi connectivity index (χ4n) is 4.35. The number of rotatable bonds is 13. The van der Waals surface area contributed by atoms with Gasteiger partial charge in [0.15, 0.2) is 0 Å². The van der Waals surface area contributed by atoms with Crippen molar-refractivity contribution in [2.24, 2.45) is 0 Å². The Kier molecular flexibility index (Phi) is 10.9. The predicted octanol–water partition coefficient (Wildman–Crippen LogP) is 4.97.